The zero-order valence-electron chi connectivity index (χ0n) is 12.3. The van der Waals surface area contributed by atoms with E-state index in [9.17, 15) is 0 Å². The summed E-state index contributed by atoms with van der Waals surface area (Å²) in [4.78, 5) is 0. The minimum absolute atomic E-state index is 0.380. The normalized spacial score (nSPS) is 20.8. The minimum atomic E-state index is -0.380. The Morgan fingerprint density at radius 1 is 1.20 bits per heavy atom. The highest BCUT2D eigenvalue weighted by molar-refractivity contribution is 9.10. The second-order valence-electron chi connectivity index (χ2n) is 5.55. The van der Waals surface area contributed by atoms with E-state index < -0.39 is 0 Å². The zero-order chi connectivity index (χ0) is 14.6. The van der Waals surface area contributed by atoms with Crippen LogP contribution in [0, 0.1) is 5.92 Å². The lowest BCUT2D eigenvalue weighted by atomic mass is 9.75. The predicted molar refractivity (Wildman–Crippen MR) is 84.6 cm³/mol. The summed E-state index contributed by atoms with van der Waals surface area (Å²) in [7, 11) is 3.47. The number of benzene rings is 1. The molecular weight excluding hydrogens is 318 g/mol. The van der Waals surface area contributed by atoms with E-state index in [1.807, 2.05) is 0 Å². The van der Waals surface area contributed by atoms with Crippen LogP contribution in [0.15, 0.2) is 28.7 Å². The van der Waals surface area contributed by atoms with Gasteiger partial charge in [0.2, 0.25) is 0 Å². The van der Waals surface area contributed by atoms with E-state index in [0.717, 1.165) is 30.2 Å². The zero-order valence-corrected chi connectivity index (χ0v) is 13.9. The predicted octanol–water partition coefficient (Wildman–Crippen LogP) is 3.67. The molecule has 1 aromatic carbocycles. The first-order chi connectivity index (χ1) is 9.64. The first-order valence-electron chi connectivity index (χ1n) is 7.20. The molecule has 0 amide bonds. The Morgan fingerprint density at radius 2 is 1.75 bits per heavy atom. The van der Waals surface area contributed by atoms with Gasteiger partial charge in [0.1, 0.15) is 0 Å². The summed E-state index contributed by atoms with van der Waals surface area (Å²) in [5.74, 6) is 0.657. The highest BCUT2D eigenvalue weighted by Crippen LogP contribution is 2.41. The molecule has 0 heterocycles. The fraction of sp³-hybridized carbons (Fsp3) is 0.625. The van der Waals surface area contributed by atoms with E-state index in [0.29, 0.717) is 18.4 Å². The van der Waals surface area contributed by atoms with Crippen LogP contribution in [-0.2, 0) is 9.47 Å². The molecule has 3 nitrogen and oxygen atoms in total. The van der Waals surface area contributed by atoms with Gasteiger partial charge >= 0.3 is 0 Å². The Labute approximate surface area is 130 Å². The highest BCUT2D eigenvalue weighted by Gasteiger charge is 2.37. The molecule has 1 unspecified atom stereocenters. The molecule has 0 spiro atoms. The maximum absolute atomic E-state index is 6.03. The first-order valence-corrected chi connectivity index (χ1v) is 7.99. The third kappa shape index (κ3) is 3.42. The molecule has 1 atom stereocenters. The summed E-state index contributed by atoms with van der Waals surface area (Å²) in [6.45, 7) is 0.694. The van der Waals surface area contributed by atoms with E-state index in [4.69, 9.17) is 15.2 Å². The van der Waals surface area contributed by atoms with Crippen LogP contribution in [0.2, 0.25) is 0 Å². The molecule has 1 fully saturated rings. The molecule has 0 aliphatic heterocycles. The molecule has 1 aromatic rings. The molecule has 2 rings (SSSR count). The van der Waals surface area contributed by atoms with Crippen LogP contribution in [0.3, 0.4) is 0 Å². The maximum atomic E-state index is 6.03. The molecule has 0 saturated heterocycles. The molecule has 2 N–H and O–H groups in total. The Morgan fingerprint density at radius 3 is 2.20 bits per heavy atom. The van der Waals surface area contributed by atoms with Gasteiger partial charge in [0, 0.05) is 31.5 Å². The number of halogens is 1. The number of rotatable bonds is 5. The average Bonchev–Trinajstić information content (AvgIpc) is 2.51. The summed E-state index contributed by atoms with van der Waals surface area (Å²) in [5.41, 5.74) is 7.37. The largest absolute Gasteiger partial charge is 0.353 e. The van der Waals surface area contributed by atoms with Crippen molar-refractivity contribution in [1.82, 2.24) is 0 Å². The monoisotopic (exact) mass is 341 g/mol. The van der Waals surface area contributed by atoms with E-state index in [-0.39, 0.29) is 5.79 Å². The van der Waals surface area contributed by atoms with Crippen molar-refractivity contribution in [3.63, 3.8) is 0 Å². The number of hydrogen-bond acceptors (Lipinski definition) is 3. The summed E-state index contributed by atoms with van der Waals surface area (Å²) in [6, 6.07) is 8.54. The van der Waals surface area contributed by atoms with Gasteiger partial charge in [-0.3, -0.25) is 0 Å². The Bertz CT molecular complexity index is 407. The lowest BCUT2D eigenvalue weighted by Gasteiger charge is -2.40. The van der Waals surface area contributed by atoms with Crippen LogP contribution >= 0.6 is 15.9 Å². The summed E-state index contributed by atoms with van der Waals surface area (Å²) < 4.78 is 12.2. The third-order valence-electron chi connectivity index (χ3n) is 4.66. The molecule has 20 heavy (non-hydrogen) atoms. The van der Waals surface area contributed by atoms with E-state index >= 15 is 0 Å². The van der Waals surface area contributed by atoms with E-state index in [2.05, 4.69) is 40.2 Å². The lowest BCUT2D eigenvalue weighted by Crippen LogP contribution is -2.39. The standard InChI is InChI=1S/C16H24BrNO2/c1-19-16(20-2)9-7-13(8-10-16)15(11-18)12-3-5-14(17)6-4-12/h3-6,13,15H,7-11,18H2,1-2H3. The summed E-state index contributed by atoms with van der Waals surface area (Å²) >= 11 is 3.48. The molecule has 0 radical (unpaired) electrons. The molecule has 0 bridgehead atoms. The van der Waals surface area contributed by atoms with Crippen molar-refractivity contribution < 1.29 is 9.47 Å². The van der Waals surface area contributed by atoms with Crippen LogP contribution in [0.1, 0.15) is 37.2 Å². The minimum Gasteiger partial charge on any atom is -0.353 e. The summed E-state index contributed by atoms with van der Waals surface area (Å²) in [5, 5.41) is 0. The third-order valence-corrected chi connectivity index (χ3v) is 5.19. The average molecular weight is 342 g/mol. The van der Waals surface area contributed by atoms with Crippen LogP contribution in [0.5, 0.6) is 0 Å². The van der Waals surface area contributed by atoms with Gasteiger partial charge in [0.25, 0.3) is 0 Å². The fourth-order valence-electron chi connectivity index (χ4n) is 3.28. The Kier molecular flexibility index (Phi) is 5.61. The quantitative estimate of drug-likeness (QED) is 0.831. The van der Waals surface area contributed by atoms with Crippen molar-refractivity contribution in [1.29, 1.82) is 0 Å². The van der Waals surface area contributed by atoms with Crippen molar-refractivity contribution in [2.45, 2.75) is 37.4 Å². The molecule has 4 heteroatoms. The summed E-state index contributed by atoms with van der Waals surface area (Å²) in [6.07, 6.45) is 4.08. The second kappa shape index (κ2) is 7.03. The van der Waals surface area contributed by atoms with E-state index in [1.54, 1.807) is 14.2 Å². The van der Waals surface area contributed by atoms with Crippen molar-refractivity contribution >= 4 is 15.9 Å². The maximum Gasteiger partial charge on any atom is 0.167 e. The van der Waals surface area contributed by atoms with Crippen LogP contribution < -0.4 is 5.73 Å². The van der Waals surface area contributed by atoms with Gasteiger partial charge in [-0.1, -0.05) is 28.1 Å². The molecule has 1 saturated carbocycles. The van der Waals surface area contributed by atoms with Gasteiger partial charge in [-0.15, -0.1) is 0 Å². The number of hydrogen-bond donors (Lipinski definition) is 1. The van der Waals surface area contributed by atoms with Crippen molar-refractivity contribution in [3.8, 4) is 0 Å². The highest BCUT2D eigenvalue weighted by atomic mass is 79.9. The molecule has 0 aromatic heterocycles. The van der Waals surface area contributed by atoms with Gasteiger partial charge in [0.05, 0.1) is 0 Å². The van der Waals surface area contributed by atoms with Crippen LogP contribution in [-0.4, -0.2) is 26.6 Å². The van der Waals surface area contributed by atoms with Crippen molar-refractivity contribution in [2.75, 3.05) is 20.8 Å². The lowest BCUT2D eigenvalue weighted by molar-refractivity contribution is -0.228. The fourth-order valence-corrected chi connectivity index (χ4v) is 3.55. The van der Waals surface area contributed by atoms with Gasteiger partial charge in [-0.05, 0) is 48.9 Å². The van der Waals surface area contributed by atoms with Gasteiger partial charge in [-0.25, -0.2) is 0 Å². The van der Waals surface area contributed by atoms with Gasteiger partial charge < -0.3 is 15.2 Å². The number of ether oxygens (including phenoxy) is 2. The topological polar surface area (TPSA) is 44.5 Å². The molecule has 112 valence electrons. The van der Waals surface area contributed by atoms with Crippen molar-refractivity contribution in [3.05, 3.63) is 34.3 Å². The van der Waals surface area contributed by atoms with Crippen LogP contribution in [0.25, 0.3) is 0 Å². The van der Waals surface area contributed by atoms with Gasteiger partial charge in [0.15, 0.2) is 5.79 Å². The smallest absolute Gasteiger partial charge is 0.167 e. The molecular formula is C16H24BrNO2. The van der Waals surface area contributed by atoms with E-state index in [1.165, 1.54) is 5.56 Å². The van der Waals surface area contributed by atoms with Crippen molar-refractivity contribution in [2.24, 2.45) is 11.7 Å². The Hall–Kier alpha value is -0.420. The number of methoxy groups -OCH3 is 2. The number of nitrogens with two attached hydrogens (primary N) is 1. The second-order valence-corrected chi connectivity index (χ2v) is 6.47. The molecule has 1 aliphatic rings. The SMILES string of the molecule is COC1(OC)CCC(C(CN)c2ccc(Br)cc2)CC1. The molecule has 1 aliphatic carbocycles. The van der Waals surface area contributed by atoms with Crippen LogP contribution in [0.4, 0.5) is 0 Å². The Balaban J connectivity index is 2.05. The van der Waals surface area contributed by atoms with Gasteiger partial charge in [-0.2, -0.15) is 0 Å². The first kappa shape index (κ1) is 16.0.